The number of carbonyl (C=O) groups excluding carboxylic acids is 2. The van der Waals surface area contributed by atoms with Crippen LogP contribution in [0.1, 0.15) is 28.4 Å². The maximum absolute atomic E-state index is 12.5. The van der Waals surface area contributed by atoms with Crippen molar-refractivity contribution in [2.24, 2.45) is 0 Å². The van der Waals surface area contributed by atoms with Crippen LogP contribution in [-0.4, -0.2) is 11.9 Å². The predicted molar refractivity (Wildman–Crippen MR) is 99.6 cm³/mol. The summed E-state index contributed by atoms with van der Waals surface area (Å²) in [6.45, 7) is 8.75. The molecule has 6 heteroatoms. The molecule has 0 saturated heterocycles. The first-order valence-electron chi connectivity index (χ1n) is 7.63. The summed E-state index contributed by atoms with van der Waals surface area (Å²) in [5, 5.41) is 2.84. The highest BCUT2D eigenvalue weighted by molar-refractivity contribution is 6.06. The third-order valence-corrected chi connectivity index (χ3v) is 3.54. The number of nitrogen functional groups attached to an aromatic ring is 2. The Morgan fingerprint density at radius 2 is 1.52 bits per heavy atom. The fraction of sp³-hybridized carbons (Fsp3) is 0.158. The molecule has 5 N–H and O–H groups in total. The zero-order valence-corrected chi connectivity index (χ0v) is 14.5. The Hall–Kier alpha value is -3.28. The molecule has 0 fully saturated rings. The van der Waals surface area contributed by atoms with Gasteiger partial charge in [0.1, 0.15) is 5.75 Å². The molecule has 1 amide bonds. The van der Waals surface area contributed by atoms with E-state index in [9.17, 15) is 9.59 Å². The Bertz CT molecular complexity index is 829. The Balaban J connectivity index is 2.26. The molecule has 0 bridgehead atoms. The first kappa shape index (κ1) is 18.1. The Kier molecular flexibility index (Phi) is 5.12. The van der Waals surface area contributed by atoms with Crippen molar-refractivity contribution in [2.45, 2.75) is 20.8 Å². The van der Waals surface area contributed by atoms with Crippen molar-refractivity contribution in [2.75, 3.05) is 16.8 Å². The second kappa shape index (κ2) is 7.09. The number of benzene rings is 2. The number of hydrogen-bond acceptors (Lipinski definition) is 5. The van der Waals surface area contributed by atoms with E-state index >= 15 is 0 Å². The molecule has 0 aliphatic carbocycles. The molecule has 0 heterocycles. The molecule has 0 atom stereocenters. The third kappa shape index (κ3) is 4.38. The zero-order valence-electron chi connectivity index (χ0n) is 14.5. The van der Waals surface area contributed by atoms with E-state index in [0.717, 1.165) is 11.1 Å². The van der Waals surface area contributed by atoms with Crippen molar-refractivity contribution < 1.29 is 14.3 Å². The second-order valence-corrected chi connectivity index (χ2v) is 5.94. The summed E-state index contributed by atoms with van der Waals surface area (Å²) in [7, 11) is 0. The maximum atomic E-state index is 12.5. The molecule has 6 nitrogen and oxygen atoms in total. The lowest BCUT2D eigenvalue weighted by molar-refractivity contribution is -0.130. The minimum absolute atomic E-state index is 0.312. The molecule has 0 radical (unpaired) electrons. The van der Waals surface area contributed by atoms with E-state index in [1.165, 1.54) is 0 Å². The number of rotatable bonds is 4. The van der Waals surface area contributed by atoms with E-state index in [2.05, 4.69) is 11.9 Å². The molecule has 2 aromatic carbocycles. The van der Waals surface area contributed by atoms with Gasteiger partial charge in [-0.3, -0.25) is 4.79 Å². The fourth-order valence-corrected chi connectivity index (χ4v) is 2.37. The SMILES string of the molecule is C=C(C)C(=O)Oc1cc(C)c(NC(=O)c2cc(N)cc(N)c2)c(C)c1. The minimum atomic E-state index is -0.495. The lowest BCUT2D eigenvalue weighted by Crippen LogP contribution is -2.15. The minimum Gasteiger partial charge on any atom is -0.423 e. The first-order valence-corrected chi connectivity index (χ1v) is 7.63. The fourth-order valence-electron chi connectivity index (χ4n) is 2.37. The van der Waals surface area contributed by atoms with Crippen molar-refractivity contribution in [3.05, 3.63) is 59.2 Å². The molecule has 2 rings (SSSR count). The Morgan fingerprint density at radius 3 is 2.00 bits per heavy atom. The smallest absolute Gasteiger partial charge is 0.338 e. The molecule has 2 aromatic rings. The van der Waals surface area contributed by atoms with E-state index in [4.69, 9.17) is 16.2 Å². The van der Waals surface area contributed by atoms with Gasteiger partial charge in [-0.15, -0.1) is 0 Å². The van der Waals surface area contributed by atoms with Crippen LogP contribution in [-0.2, 0) is 4.79 Å². The first-order chi connectivity index (χ1) is 11.7. The van der Waals surface area contributed by atoms with Crippen LogP contribution in [0.4, 0.5) is 17.1 Å². The zero-order chi connectivity index (χ0) is 18.7. The molecular formula is C19H21N3O3. The number of anilines is 3. The van der Waals surface area contributed by atoms with Crippen LogP contribution in [0.5, 0.6) is 5.75 Å². The maximum Gasteiger partial charge on any atom is 0.338 e. The number of amides is 1. The van der Waals surface area contributed by atoms with Crippen LogP contribution in [0.2, 0.25) is 0 Å². The van der Waals surface area contributed by atoms with Crippen molar-refractivity contribution in [1.29, 1.82) is 0 Å². The molecule has 0 saturated carbocycles. The molecule has 0 unspecified atom stereocenters. The van der Waals surface area contributed by atoms with Crippen LogP contribution < -0.4 is 21.5 Å². The van der Waals surface area contributed by atoms with Crippen LogP contribution in [0, 0.1) is 13.8 Å². The second-order valence-electron chi connectivity index (χ2n) is 5.94. The van der Waals surface area contributed by atoms with Gasteiger partial charge in [0.25, 0.3) is 5.91 Å². The number of ether oxygens (including phenoxy) is 1. The van der Waals surface area contributed by atoms with Crippen LogP contribution in [0.25, 0.3) is 0 Å². The van der Waals surface area contributed by atoms with E-state index in [1.54, 1.807) is 37.3 Å². The Labute approximate surface area is 146 Å². The van der Waals surface area contributed by atoms with E-state index < -0.39 is 5.97 Å². The number of nitrogens with two attached hydrogens (primary N) is 2. The van der Waals surface area contributed by atoms with Gasteiger partial charge >= 0.3 is 5.97 Å². The third-order valence-electron chi connectivity index (χ3n) is 3.54. The van der Waals surface area contributed by atoms with Crippen LogP contribution >= 0.6 is 0 Å². The van der Waals surface area contributed by atoms with Crippen molar-refractivity contribution in [1.82, 2.24) is 0 Å². The summed E-state index contributed by atoms with van der Waals surface area (Å²) >= 11 is 0. The van der Waals surface area contributed by atoms with Crippen LogP contribution in [0.3, 0.4) is 0 Å². The molecule has 0 aliphatic heterocycles. The van der Waals surface area contributed by atoms with Crippen molar-refractivity contribution in [3.8, 4) is 5.75 Å². The van der Waals surface area contributed by atoms with Gasteiger partial charge in [0, 0.05) is 28.2 Å². The van der Waals surface area contributed by atoms with E-state index in [0.29, 0.717) is 33.9 Å². The van der Waals surface area contributed by atoms with Crippen molar-refractivity contribution in [3.63, 3.8) is 0 Å². The van der Waals surface area contributed by atoms with E-state index in [-0.39, 0.29) is 5.91 Å². The van der Waals surface area contributed by atoms with Gasteiger partial charge in [-0.1, -0.05) is 6.58 Å². The standard InChI is InChI=1S/C19H21N3O3/c1-10(2)19(24)25-16-5-11(3)17(12(4)6-16)22-18(23)13-7-14(20)9-15(21)8-13/h5-9H,1,20-21H2,2-4H3,(H,22,23). The highest BCUT2D eigenvalue weighted by Gasteiger charge is 2.14. The predicted octanol–water partition coefficient (Wildman–Crippen LogP) is 3.20. The quantitative estimate of drug-likeness (QED) is 0.343. The summed E-state index contributed by atoms with van der Waals surface area (Å²) in [6.07, 6.45) is 0. The summed E-state index contributed by atoms with van der Waals surface area (Å²) < 4.78 is 5.23. The lowest BCUT2D eigenvalue weighted by atomic mass is 10.1. The van der Waals surface area contributed by atoms with Gasteiger partial charge in [0.2, 0.25) is 0 Å². The monoisotopic (exact) mass is 339 g/mol. The average molecular weight is 339 g/mol. The molecule has 25 heavy (non-hydrogen) atoms. The molecule has 0 spiro atoms. The number of carbonyl (C=O) groups is 2. The number of nitrogens with one attached hydrogen (secondary N) is 1. The average Bonchev–Trinajstić information content (AvgIpc) is 2.49. The Morgan fingerprint density at radius 1 is 1.00 bits per heavy atom. The molecular weight excluding hydrogens is 318 g/mol. The van der Waals surface area contributed by atoms with Gasteiger partial charge in [0.05, 0.1) is 0 Å². The topological polar surface area (TPSA) is 107 Å². The number of hydrogen-bond donors (Lipinski definition) is 3. The van der Waals surface area contributed by atoms with Gasteiger partial charge in [-0.25, -0.2) is 4.79 Å². The van der Waals surface area contributed by atoms with Crippen molar-refractivity contribution >= 4 is 28.9 Å². The highest BCUT2D eigenvalue weighted by atomic mass is 16.5. The molecule has 0 aromatic heterocycles. The summed E-state index contributed by atoms with van der Waals surface area (Å²) in [5.41, 5.74) is 15.1. The summed E-state index contributed by atoms with van der Waals surface area (Å²) in [5.74, 6) is -0.420. The largest absolute Gasteiger partial charge is 0.423 e. The molecule has 130 valence electrons. The highest BCUT2D eigenvalue weighted by Crippen LogP contribution is 2.27. The number of esters is 1. The van der Waals surface area contributed by atoms with Gasteiger partial charge < -0.3 is 21.5 Å². The molecule has 0 aliphatic rings. The van der Waals surface area contributed by atoms with E-state index in [1.807, 2.05) is 13.8 Å². The normalized spacial score (nSPS) is 10.2. The summed E-state index contributed by atoms with van der Waals surface area (Å²) in [6, 6.07) is 8.05. The lowest BCUT2D eigenvalue weighted by Gasteiger charge is -2.14. The van der Waals surface area contributed by atoms with Gasteiger partial charge in [-0.05, 0) is 62.2 Å². The van der Waals surface area contributed by atoms with Gasteiger partial charge in [0.15, 0.2) is 0 Å². The summed E-state index contributed by atoms with van der Waals surface area (Å²) in [4.78, 5) is 24.1. The van der Waals surface area contributed by atoms with Crippen LogP contribution in [0.15, 0.2) is 42.5 Å². The van der Waals surface area contributed by atoms with Gasteiger partial charge in [-0.2, -0.15) is 0 Å². The number of aryl methyl sites for hydroxylation is 2.